The van der Waals surface area contributed by atoms with Crippen molar-refractivity contribution in [1.82, 2.24) is 4.90 Å². The highest BCUT2D eigenvalue weighted by Gasteiger charge is 2.48. The van der Waals surface area contributed by atoms with Crippen LogP contribution in [0.3, 0.4) is 0 Å². The molecule has 116 valence electrons. The Morgan fingerprint density at radius 2 is 2.05 bits per heavy atom. The van der Waals surface area contributed by atoms with E-state index in [0.29, 0.717) is 17.5 Å². The highest BCUT2D eigenvalue weighted by atomic mass is 16.4. The lowest BCUT2D eigenvalue weighted by atomic mass is 9.66. The van der Waals surface area contributed by atoms with Gasteiger partial charge < -0.3 is 10.0 Å². The molecule has 22 heavy (non-hydrogen) atoms. The zero-order chi connectivity index (χ0) is 15.3. The minimum Gasteiger partial charge on any atom is -0.478 e. The number of rotatable bonds is 2. The fourth-order valence-corrected chi connectivity index (χ4v) is 4.22. The Kier molecular flexibility index (Phi) is 3.03. The summed E-state index contributed by atoms with van der Waals surface area (Å²) >= 11 is 0. The number of aryl methyl sites for hydroxylation is 1. The molecule has 0 unspecified atom stereocenters. The standard InChI is InChI=1S/C18H21NO3/c20-16(21)13-2-3-14-11-18(8-6-12(14)10-13)7-1-9-19(17(18)22)15-4-5-15/h2-3,10,15H,1,4-9,11H2,(H,20,21)/t18-/m0/s1. The van der Waals surface area contributed by atoms with Crippen molar-refractivity contribution in [2.24, 2.45) is 5.41 Å². The number of piperidine rings is 1. The largest absolute Gasteiger partial charge is 0.478 e. The van der Waals surface area contributed by atoms with Crippen LogP contribution in [-0.4, -0.2) is 34.5 Å². The van der Waals surface area contributed by atoms with Crippen molar-refractivity contribution < 1.29 is 14.7 Å². The van der Waals surface area contributed by atoms with Gasteiger partial charge in [0.05, 0.1) is 11.0 Å². The normalized spacial score (nSPS) is 27.8. The van der Waals surface area contributed by atoms with Crippen LogP contribution in [0.25, 0.3) is 0 Å². The van der Waals surface area contributed by atoms with Gasteiger partial charge in [-0.3, -0.25) is 4.79 Å². The van der Waals surface area contributed by atoms with Crippen molar-refractivity contribution >= 4 is 11.9 Å². The first-order valence-corrected chi connectivity index (χ1v) is 8.25. The first-order valence-electron chi connectivity index (χ1n) is 8.25. The molecule has 4 heteroatoms. The van der Waals surface area contributed by atoms with Gasteiger partial charge in [-0.1, -0.05) is 6.07 Å². The lowest BCUT2D eigenvalue weighted by Crippen LogP contribution is -2.52. The number of carboxylic acid groups (broad SMARTS) is 1. The average Bonchev–Trinajstić information content (AvgIpc) is 3.34. The molecule has 1 spiro atoms. The van der Waals surface area contributed by atoms with E-state index in [1.807, 2.05) is 6.07 Å². The molecule has 2 aliphatic carbocycles. The molecular formula is C18H21NO3. The summed E-state index contributed by atoms with van der Waals surface area (Å²) in [6, 6.07) is 5.88. The number of aromatic carboxylic acids is 1. The molecule has 1 saturated carbocycles. The highest BCUT2D eigenvalue weighted by molar-refractivity contribution is 5.88. The van der Waals surface area contributed by atoms with Gasteiger partial charge in [0.2, 0.25) is 5.91 Å². The molecule has 1 heterocycles. The lowest BCUT2D eigenvalue weighted by Gasteiger charge is -2.44. The predicted octanol–water partition coefficient (Wildman–Crippen LogP) is 2.64. The molecule has 1 atom stereocenters. The molecule has 1 N–H and O–H groups in total. The van der Waals surface area contributed by atoms with E-state index in [0.717, 1.165) is 44.2 Å². The molecule has 2 fully saturated rings. The summed E-state index contributed by atoms with van der Waals surface area (Å²) in [5.74, 6) is -0.522. The lowest BCUT2D eigenvalue weighted by molar-refractivity contribution is -0.148. The van der Waals surface area contributed by atoms with Crippen LogP contribution in [0.4, 0.5) is 0 Å². The highest BCUT2D eigenvalue weighted by Crippen LogP contribution is 2.45. The van der Waals surface area contributed by atoms with E-state index in [1.165, 1.54) is 18.4 Å². The number of fused-ring (bicyclic) bond motifs is 1. The fraction of sp³-hybridized carbons (Fsp3) is 0.556. The van der Waals surface area contributed by atoms with Crippen LogP contribution in [0.2, 0.25) is 0 Å². The predicted molar refractivity (Wildman–Crippen MR) is 81.8 cm³/mol. The third-order valence-corrected chi connectivity index (χ3v) is 5.61. The third kappa shape index (κ3) is 2.13. The second kappa shape index (κ2) is 4.83. The summed E-state index contributed by atoms with van der Waals surface area (Å²) in [6.07, 6.45) is 6.89. The van der Waals surface area contributed by atoms with E-state index in [1.54, 1.807) is 12.1 Å². The minimum absolute atomic E-state index is 0.224. The molecule has 4 nitrogen and oxygen atoms in total. The number of hydrogen-bond acceptors (Lipinski definition) is 2. The first kappa shape index (κ1) is 13.8. The Morgan fingerprint density at radius 3 is 2.77 bits per heavy atom. The molecule has 3 aliphatic rings. The van der Waals surface area contributed by atoms with Crippen LogP contribution in [0, 0.1) is 5.41 Å². The van der Waals surface area contributed by atoms with E-state index >= 15 is 0 Å². The molecule has 1 saturated heterocycles. The maximum Gasteiger partial charge on any atom is 0.335 e. The maximum absolute atomic E-state index is 13.0. The number of hydrogen-bond donors (Lipinski definition) is 1. The average molecular weight is 299 g/mol. The molecule has 0 radical (unpaired) electrons. The maximum atomic E-state index is 13.0. The Balaban J connectivity index is 1.63. The second-order valence-corrected chi connectivity index (χ2v) is 7.08. The van der Waals surface area contributed by atoms with E-state index in [4.69, 9.17) is 5.11 Å². The summed E-state index contributed by atoms with van der Waals surface area (Å²) in [7, 11) is 0. The van der Waals surface area contributed by atoms with Crippen molar-refractivity contribution in [3.63, 3.8) is 0 Å². The third-order valence-electron chi connectivity index (χ3n) is 5.61. The van der Waals surface area contributed by atoms with Crippen molar-refractivity contribution in [3.05, 3.63) is 34.9 Å². The van der Waals surface area contributed by atoms with Crippen LogP contribution in [0.1, 0.15) is 53.6 Å². The zero-order valence-corrected chi connectivity index (χ0v) is 12.7. The van der Waals surface area contributed by atoms with Gasteiger partial charge in [-0.05, 0) is 68.2 Å². The second-order valence-electron chi connectivity index (χ2n) is 7.08. The minimum atomic E-state index is -0.878. The van der Waals surface area contributed by atoms with Crippen molar-refractivity contribution in [3.8, 4) is 0 Å². The first-order chi connectivity index (χ1) is 10.6. The van der Waals surface area contributed by atoms with Crippen molar-refractivity contribution in [2.45, 2.75) is 51.0 Å². The van der Waals surface area contributed by atoms with Gasteiger partial charge in [0.1, 0.15) is 0 Å². The van der Waals surface area contributed by atoms with Crippen molar-refractivity contribution in [2.75, 3.05) is 6.54 Å². The number of carbonyl (C=O) groups excluding carboxylic acids is 1. The Labute approximate surface area is 130 Å². The van der Waals surface area contributed by atoms with Crippen LogP contribution < -0.4 is 0 Å². The number of nitrogens with zero attached hydrogens (tertiary/aromatic N) is 1. The summed E-state index contributed by atoms with van der Waals surface area (Å²) in [4.78, 5) is 26.2. The number of carboxylic acids is 1. The summed E-state index contributed by atoms with van der Waals surface area (Å²) < 4.78 is 0. The summed E-state index contributed by atoms with van der Waals surface area (Å²) in [5.41, 5.74) is 2.41. The summed E-state index contributed by atoms with van der Waals surface area (Å²) in [6.45, 7) is 0.927. The van der Waals surface area contributed by atoms with Gasteiger partial charge >= 0.3 is 5.97 Å². The Morgan fingerprint density at radius 1 is 1.23 bits per heavy atom. The molecule has 1 aliphatic heterocycles. The van der Waals surface area contributed by atoms with E-state index < -0.39 is 5.97 Å². The van der Waals surface area contributed by atoms with Gasteiger partial charge in [0.15, 0.2) is 0 Å². The van der Waals surface area contributed by atoms with Gasteiger partial charge in [0.25, 0.3) is 0 Å². The van der Waals surface area contributed by atoms with Gasteiger partial charge in [0, 0.05) is 12.6 Å². The van der Waals surface area contributed by atoms with Crippen molar-refractivity contribution in [1.29, 1.82) is 0 Å². The molecule has 1 aromatic rings. The van der Waals surface area contributed by atoms with Gasteiger partial charge in [-0.15, -0.1) is 0 Å². The van der Waals surface area contributed by atoms with E-state index in [9.17, 15) is 9.59 Å². The van der Waals surface area contributed by atoms with Crippen LogP contribution >= 0.6 is 0 Å². The number of likely N-dealkylation sites (tertiary alicyclic amines) is 1. The van der Waals surface area contributed by atoms with Gasteiger partial charge in [-0.25, -0.2) is 4.79 Å². The topological polar surface area (TPSA) is 57.6 Å². The number of carbonyl (C=O) groups is 2. The number of benzene rings is 1. The zero-order valence-electron chi connectivity index (χ0n) is 12.7. The van der Waals surface area contributed by atoms with Crippen LogP contribution in [-0.2, 0) is 17.6 Å². The Hall–Kier alpha value is -1.84. The molecule has 1 amide bonds. The summed E-state index contributed by atoms with van der Waals surface area (Å²) in [5, 5.41) is 9.11. The molecule has 4 rings (SSSR count). The van der Waals surface area contributed by atoms with Crippen LogP contribution in [0.5, 0.6) is 0 Å². The molecular weight excluding hydrogens is 278 g/mol. The quantitative estimate of drug-likeness (QED) is 0.913. The monoisotopic (exact) mass is 299 g/mol. The van der Waals surface area contributed by atoms with E-state index in [-0.39, 0.29) is 5.41 Å². The SMILES string of the molecule is O=C(O)c1ccc2c(c1)CC[C@@]1(CCCN(C3CC3)C1=O)C2. The smallest absolute Gasteiger partial charge is 0.335 e. The van der Waals surface area contributed by atoms with E-state index in [2.05, 4.69) is 4.90 Å². The molecule has 1 aromatic carbocycles. The Bertz CT molecular complexity index is 650. The number of amides is 1. The van der Waals surface area contributed by atoms with Crippen LogP contribution in [0.15, 0.2) is 18.2 Å². The fourth-order valence-electron chi connectivity index (χ4n) is 4.22. The molecule has 0 bridgehead atoms. The molecule has 0 aromatic heterocycles. The van der Waals surface area contributed by atoms with Gasteiger partial charge in [-0.2, -0.15) is 0 Å².